The Morgan fingerprint density at radius 3 is 2.76 bits per heavy atom. The van der Waals surface area contributed by atoms with Gasteiger partial charge in [0.2, 0.25) is 5.88 Å². The molecule has 0 spiro atoms. The van der Waals surface area contributed by atoms with Crippen LogP contribution in [0.1, 0.15) is 5.56 Å². The van der Waals surface area contributed by atoms with E-state index in [1.54, 1.807) is 12.1 Å². The van der Waals surface area contributed by atoms with Crippen molar-refractivity contribution in [3.05, 3.63) is 46.1 Å². The summed E-state index contributed by atoms with van der Waals surface area (Å²) in [5.41, 5.74) is 7.40. The van der Waals surface area contributed by atoms with E-state index < -0.39 is 0 Å². The zero-order valence-corrected chi connectivity index (χ0v) is 10.6. The largest absolute Gasteiger partial charge is 0.435 e. The minimum absolute atomic E-state index is 0.286. The Morgan fingerprint density at radius 2 is 2.06 bits per heavy atom. The van der Waals surface area contributed by atoms with Gasteiger partial charge in [0, 0.05) is 6.20 Å². The van der Waals surface area contributed by atoms with Crippen molar-refractivity contribution < 1.29 is 4.74 Å². The lowest BCUT2D eigenvalue weighted by Gasteiger charge is -2.10. The van der Waals surface area contributed by atoms with Crippen molar-refractivity contribution in [1.82, 2.24) is 4.98 Å². The summed E-state index contributed by atoms with van der Waals surface area (Å²) in [7, 11) is 0. The molecule has 0 aliphatic carbocycles. The number of nitrogens with two attached hydrogens (primary N) is 1. The monoisotopic (exact) mass is 268 g/mol. The second-order valence-electron chi connectivity index (χ2n) is 3.53. The fourth-order valence-electron chi connectivity index (χ4n) is 1.32. The summed E-state index contributed by atoms with van der Waals surface area (Å²) in [6.07, 6.45) is 1.47. The summed E-state index contributed by atoms with van der Waals surface area (Å²) in [6, 6.07) is 7.08. The summed E-state index contributed by atoms with van der Waals surface area (Å²) in [6.45, 7) is 1.90. The lowest BCUT2D eigenvalue weighted by atomic mass is 10.2. The van der Waals surface area contributed by atoms with Crippen molar-refractivity contribution in [3.63, 3.8) is 0 Å². The number of hydrogen-bond acceptors (Lipinski definition) is 3. The normalized spacial score (nSPS) is 10.3. The van der Waals surface area contributed by atoms with Gasteiger partial charge in [0.1, 0.15) is 5.02 Å². The van der Waals surface area contributed by atoms with Crippen molar-refractivity contribution in [1.29, 1.82) is 0 Å². The van der Waals surface area contributed by atoms with Crippen molar-refractivity contribution in [2.45, 2.75) is 6.92 Å². The van der Waals surface area contributed by atoms with Crippen LogP contribution in [-0.4, -0.2) is 4.98 Å². The third-order valence-corrected chi connectivity index (χ3v) is 2.74. The molecule has 0 unspecified atom stereocenters. The molecule has 1 aromatic heterocycles. The van der Waals surface area contributed by atoms with E-state index in [2.05, 4.69) is 4.98 Å². The standard InChI is InChI=1S/C12H10Cl2N2O/c1-7-3-2-4-10(11(7)15)17-12-9(14)5-8(13)6-16-12/h2-6H,15H2,1H3. The van der Waals surface area contributed by atoms with Gasteiger partial charge in [-0.25, -0.2) is 4.98 Å². The van der Waals surface area contributed by atoms with Gasteiger partial charge in [-0.1, -0.05) is 35.3 Å². The van der Waals surface area contributed by atoms with E-state index in [1.807, 2.05) is 19.1 Å². The number of aryl methyl sites for hydroxylation is 1. The Kier molecular flexibility index (Phi) is 3.41. The summed E-state index contributed by atoms with van der Waals surface area (Å²) >= 11 is 11.7. The molecule has 88 valence electrons. The molecule has 1 aromatic carbocycles. The lowest BCUT2D eigenvalue weighted by Crippen LogP contribution is -1.96. The summed E-state index contributed by atoms with van der Waals surface area (Å²) in [5, 5.41) is 0.804. The number of para-hydroxylation sites is 1. The molecule has 2 rings (SSSR count). The van der Waals surface area contributed by atoms with Crippen LogP contribution in [0, 0.1) is 6.92 Å². The molecule has 0 saturated heterocycles. The van der Waals surface area contributed by atoms with E-state index >= 15 is 0 Å². The van der Waals surface area contributed by atoms with Crippen LogP contribution in [0.4, 0.5) is 5.69 Å². The number of pyridine rings is 1. The molecule has 17 heavy (non-hydrogen) atoms. The third-order valence-electron chi connectivity index (χ3n) is 2.26. The summed E-state index contributed by atoms with van der Waals surface area (Å²) in [4.78, 5) is 4.00. The number of benzene rings is 1. The molecule has 0 atom stereocenters. The highest BCUT2D eigenvalue weighted by Crippen LogP contribution is 2.33. The van der Waals surface area contributed by atoms with E-state index in [4.69, 9.17) is 33.7 Å². The fraction of sp³-hybridized carbons (Fsp3) is 0.0833. The first-order chi connectivity index (χ1) is 8.08. The minimum atomic E-state index is 0.286. The molecule has 5 heteroatoms. The van der Waals surface area contributed by atoms with E-state index in [1.165, 1.54) is 6.20 Å². The Hall–Kier alpha value is -1.45. The van der Waals surface area contributed by atoms with Gasteiger partial charge < -0.3 is 10.5 Å². The Labute approximate surface area is 109 Å². The Morgan fingerprint density at radius 1 is 1.29 bits per heavy atom. The first kappa shape index (κ1) is 12.0. The van der Waals surface area contributed by atoms with Gasteiger partial charge in [0.05, 0.1) is 10.7 Å². The highest BCUT2D eigenvalue weighted by atomic mass is 35.5. The smallest absolute Gasteiger partial charge is 0.238 e. The first-order valence-electron chi connectivity index (χ1n) is 4.92. The second-order valence-corrected chi connectivity index (χ2v) is 4.37. The SMILES string of the molecule is Cc1cccc(Oc2ncc(Cl)cc2Cl)c1N. The molecule has 0 saturated carbocycles. The molecule has 0 aliphatic rings. The van der Waals surface area contributed by atoms with Crippen molar-refractivity contribution in [2.75, 3.05) is 5.73 Å². The van der Waals surface area contributed by atoms with E-state index in [-0.39, 0.29) is 5.88 Å². The predicted octanol–water partition coefficient (Wildman–Crippen LogP) is 4.07. The maximum Gasteiger partial charge on any atom is 0.238 e. The maximum atomic E-state index is 5.96. The molecule has 0 bridgehead atoms. The summed E-state index contributed by atoms with van der Waals surface area (Å²) in [5.74, 6) is 0.815. The zero-order chi connectivity index (χ0) is 12.4. The van der Waals surface area contributed by atoms with E-state index in [0.717, 1.165) is 5.56 Å². The number of hydrogen-bond donors (Lipinski definition) is 1. The topological polar surface area (TPSA) is 48.1 Å². The maximum absolute atomic E-state index is 5.96. The van der Waals surface area contributed by atoms with Gasteiger partial charge in [0.15, 0.2) is 5.75 Å². The molecule has 0 aliphatic heterocycles. The van der Waals surface area contributed by atoms with Crippen LogP contribution in [0.25, 0.3) is 0 Å². The molecule has 2 N–H and O–H groups in total. The molecule has 0 radical (unpaired) electrons. The van der Waals surface area contributed by atoms with Gasteiger partial charge in [-0.2, -0.15) is 0 Å². The van der Waals surface area contributed by atoms with Crippen LogP contribution in [0.2, 0.25) is 10.0 Å². The van der Waals surface area contributed by atoms with Crippen LogP contribution in [0.15, 0.2) is 30.5 Å². The molecule has 1 heterocycles. The Balaban J connectivity index is 2.35. The molecule has 0 amide bonds. The Bertz CT molecular complexity index is 558. The number of nitrogen functional groups attached to an aromatic ring is 1. The van der Waals surface area contributed by atoms with Gasteiger partial charge in [-0.15, -0.1) is 0 Å². The molecular formula is C12H10Cl2N2O. The number of rotatable bonds is 2. The van der Waals surface area contributed by atoms with Crippen LogP contribution in [0.5, 0.6) is 11.6 Å². The van der Waals surface area contributed by atoms with Gasteiger partial charge >= 0.3 is 0 Å². The lowest BCUT2D eigenvalue weighted by molar-refractivity contribution is 0.465. The van der Waals surface area contributed by atoms with Gasteiger partial charge in [0.25, 0.3) is 0 Å². The quantitative estimate of drug-likeness (QED) is 0.836. The van der Waals surface area contributed by atoms with E-state index in [9.17, 15) is 0 Å². The van der Waals surface area contributed by atoms with Crippen LogP contribution in [-0.2, 0) is 0 Å². The van der Waals surface area contributed by atoms with Crippen LogP contribution < -0.4 is 10.5 Å². The van der Waals surface area contributed by atoms with Crippen molar-refractivity contribution in [3.8, 4) is 11.6 Å². The van der Waals surface area contributed by atoms with E-state index in [0.29, 0.717) is 21.5 Å². The molecule has 2 aromatic rings. The molecule has 3 nitrogen and oxygen atoms in total. The second kappa shape index (κ2) is 4.82. The number of aromatic nitrogens is 1. The average Bonchev–Trinajstić information content (AvgIpc) is 2.28. The predicted molar refractivity (Wildman–Crippen MR) is 69.9 cm³/mol. The zero-order valence-electron chi connectivity index (χ0n) is 9.08. The number of halogens is 2. The van der Waals surface area contributed by atoms with Crippen LogP contribution in [0.3, 0.4) is 0 Å². The van der Waals surface area contributed by atoms with Gasteiger partial charge in [-0.05, 0) is 24.6 Å². The summed E-state index contributed by atoms with van der Waals surface area (Å²) < 4.78 is 5.55. The van der Waals surface area contributed by atoms with Crippen molar-refractivity contribution >= 4 is 28.9 Å². The highest BCUT2D eigenvalue weighted by molar-refractivity contribution is 6.35. The number of nitrogens with zero attached hydrogens (tertiary/aromatic N) is 1. The highest BCUT2D eigenvalue weighted by Gasteiger charge is 2.08. The minimum Gasteiger partial charge on any atom is -0.435 e. The van der Waals surface area contributed by atoms with Crippen molar-refractivity contribution in [2.24, 2.45) is 0 Å². The number of anilines is 1. The fourth-order valence-corrected chi connectivity index (χ4v) is 1.74. The number of ether oxygens (including phenoxy) is 1. The average molecular weight is 269 g/mol. The van der Waals surface area contributed by atoms with Crippen LogP contribution >= 0.6 is 23.2 Å². The molecule has 0 fully saturated rings. The first-order valence-corrected chi connectivity index (χ1v) is 5.67. The van der Waals surface area contributed by atoms with Gasteiger partial charge in [-0.3, -0.25) is 0 Å². The molecular weight excluding hydrogens is 259 g/mol. The third kappa shape index (κ3) is 2.62.